The van der Waals surface area contributed by atoms with Gasteiger partial charge in [-0.2, -0.15) is 0 Å². The summed E-state index contributed by atoms with van der Waals surface area (Å²) in [5.41, 5.74) is 1.54. The van der Waals surface area contributed by atoms with Crippen LogP contribution in [0.5, 0.6) is 0 Å². The lowest BCUT2D eigenvalue weighted by Gasteiger charge is -2.06. The van der Waals surface area contributed by atoms with Crippen LogP contribution in [0.15, 0.2) is 16.6 Å². The number of nitrogens with zero attached hydrogens (tertiary/aromatic N) is 3. The Kier molecular flexibility index (Phi) is 4.26. The average molecular weight is 341 g/mol. The van der Waals surface area contributed by atoms with Gasteiger partial charge in [-0.3, -0.25) is 4.79 Å². The van der Waals surface area contributed by atoms with Gasteiger partial charge in [-0.1, -0.05) is 18.3 Å². The second-order valence-corrected chi connectivity index (χ2v) is 5.97. The van der Waals surface area contributed by atoms with E-state index < -0.39 is 0 Å². The molecule has 0 aromatic carbocycles. The molecule has 7 heteroatoms. The third-order valence-corrected chi connectivity index (χ3v) is 4.11. The third kappa shape index (κ3) is 3.16. The molecule has 0 radical (unpaired) electrons. The summed E-state index contributed by atoms with van der Waals surface area (Å²) in [6.07, 6.45) is 0. The Bertz CT molecular complexity index is 612. The second kappa shape index (κ2) is 5.75. The molecule has 0 bridgehead atoms. The average Bonchev–Trinajstić information content (AvgIpc) is 2.83. The van der Waals surface area contributed by atoms with Gasteiger partial charge in [0.25, 0.3) is 5.91 Å². The van der Waals surface area contributed by atoms with Gasteiger partial charge in [0.15, 0.2) is 0 Å². The number of nitrogens with one attached hydrogen (secondary N) is 1. The van der Waals surface area contributed by atoms with E-state index in [1.165, 1.54) is 0 Å². The van der Waals surface area contributed by atoms with Gasteiger partial charge in [0.2, 0.25) is 0 Å². The second-order valence-electron chi connectivity index (χ2n) is 4.36. The fourth-order valence-electron chi connectivity index (χ4n) is 1.52. The maximum Gasteiger partial charge on any atom is 0.270 e. The van der Waals surface area contributed by atoms with Gasteiger partial charge in [-0.15, -0.1) is 5.10 Å². The van der Waals surface area contributed by atoms with Crippen LogP contribution in [0.4, 0.5) is 5.82 Å². The zero-order valence-corrected chi connectivity index (χ0v) is 13.2. The Morgan fingerprint density at radius 1 is 1.42 bits per heavy atom. The molecule has 19 heavy (non-hydrogen) atoms. The number of hydrogen-bond donors (Lipinski definition) is 1. The van der Waals surface area contributed by atoms with E-state index in [2.05, 4.69) is 35.8 Å². The number of carbonyl (C=O) groups is 1. The summed E-state index contributed by atoms with van der Waals surface area (Å²) in [7, 11) is 0. The van der Waals surface area contributed by atoms with Crippen molar-refractivity contribution in [2.24, 2.45) is 0 Å². The van der Waals surface area contributed by atoms with Crippen molar-refractivity contribution in [1.29, 1.82) is 0 Å². The summed E-state index contributed by atoms with van der Waals surface area (Å²) in [5.74, 6) is 0.473. The van der Waals surface area contributed by atoms with Crippen LogP contribution in [0, 0.1) is 6.92 Å². The van der Waals surface area contributed by atoms with Crippen molar-refractivity contribution in [3.63, 3.8) is 0 Å². The molecule has 0 aliphatic heterocycles. The number of amides is 1. The zero-order valence-electron chi connectivity index (χ0n) is 10.8. The number of halogens is 1. The molecule has 1 amide bonds. The Hall–Kier alpha value is -1.34. The third-order valence-electron chi connectivity index (χ3n) is 2.53. The van der Waals surface area contributed by atoms with Gasteiger partial charge in [-0.25, -0.2) is 4.98 Å². The Morgan fingerprint density at radius 2 is 2.16 bits per heavy atom. The normalized spacial score (nSPS) is 10.8. The van der Waals surface area contributed by atoms with Crippen molar-refractivity contribution in [2.75, 3.05) is 5.32 Å². The van der Waals surface area contributed by atoms with Crippen molar-refractivity contribution in [3.05, 3.63) is 32.9 Å². The molecule has 2 heterocycles. The molecule has 0 atom stereocenters. The number of carbonyl (C=O) groups excluding carboxylic acids is 1. The van der Waals surface area contributed by atoms with Crippen molar-refractivity contribution >= 4 is 39.2 Å². The van der Waals surface area contributed by atoms with Gasteiger partial charge in [0.05, 0.1) is 11.4 Å². The molecule has 0 spiro atoms. The van der Waals surface area contributed by atoms with Crippen LogP contribution in [-0.4, -0.2) is 20.5 Å². The first kappa shape index (κ1) is 14.1. The number of aromatic nitrogens is 3. The van der Waals surface area contributed by atoms with Crippen molar-refractivity contribution in [2.45, 2.75) is 26.7 Å². The predicted octanol–water partition coefficient (Wildman–Crippen LogP) is 3.38. The fourth-order valence-corrected chi connectivity index (χ4v) is 2.45. The maximum atomic E-state index is 12.2. The molecule has 0 aliphatic rings. The molecule has 2 aromatic rings. The minimum absolute atomic E-state index is 0.166. The molecule has 0 saturated carbocycles. The first-order valence-corrected chi connectivity index (χ1v) is 7.32. The van der Waals surface area contributed by atoms with Gasteiger partial charge < -0.3 is 5.32 Å². The van der Waals surface area contributed by atoms with E-state index in [9.17, 15) is 4.79 Å². The number of anilines is 1. The molecule has 5 nitrogen and oxygen atoms in total. The largest absolute Gasteiger partial charge is 0.306 e. The van der Waals surface area contributed by atoms with E-state index >= 15 is 0 Å². The number of hydrogen-bond acceptors (Lipinski definition) is 5. The first-order chi connectivity index (χ1) is 8.99. The first-order valence-electron chi connectivity index (χ1n) is 5.75. The smallest absolute Gasteiger partial charge is 0.270 e. The monoisotopic (exact) mass is 340 g/mol. The standard InChI is InChI=1S/C12H13BrN4OS/c1-6(2)10-11(19-17-16-10)12(18)15-9-5-4-8(13)7(3)14-9/h4-6H,1-3H3,(H,14,15,18). The highest BCUT2D eigenvalue weighted by molar-refractivity contribution is 9.10. The van der Waals surface area contributed by atoms with Gasteiger partial charge in [-0.05, 0) is 52.4 Å². The molecular formula is C12H13BrN4OS. The molecule has 0 saturated heterocycles. The molecular weight excluding hydrogens is 328 g/mol. The summed E-state index contributed by atoms with van der Waals surface area (Å²) in [5, 5.41) is 6.76. The Labute approximate surface area is 123 Å². The van der Waals surface area contributed by atoms with Crippen LogP contribution in [0.25, 0.3) is 0 Å². The minimum Gasteiger partial charge on any atom is -0.306 e. The van der Waals surface area contributed by atoms with Crippen molar-refractivity contribution < 1.29 is 4.79 Å². The topological polar surface area (TPSA) is 67.8 Å². The van der Waals surface area contributed by atoms with Gasteiger partial charge >= 0.3 is 0 Å². The van der Waals surface area contributed by atoms with Crippen molar-refractivity contribution in [1.82, 2.24) is 14.6 Å². The van der Waals surface area contributed by atoms with E-state index in [4.69, 9.17) is 0 Å². The molecule has 100 valence electrons. The lowest BCUT2D eigenvalue weighted by Crippen LogP contribution is -2.14. The summed E-state index contributed by atoms with van der Waals surface area (Å²) < 4.78 is 4.75. The molecule has 0 fully saturated rings. The predicted molar refractivity (Wildman–Crippen MR) is 78.6 cm³/mol. The summed E-state index contributed by atoms with van der Waals surface area (Å²) >= 11 is 4.47. The molecule has 2 aromatic heterocycles. The molecule has 0 aliphatic carbocycles. The van der Waals surface area contributed by atoms with E-state index in [1.54, 1.807) is 6.07 Å². The van der Waals surface area contributed by atoms with E-state index in [1.807, 2.05) is 26.8 Å². The summed E-state index contributed by atoms with van der Waals surface area (Å²) in [6, 6.07) is 3.60. The summed E-state index contributed by atoms with van der Waals surface area (Å²) in [4.78, 5) is 17.0. The van der Waals surface area contributed by atoms with Crippen LogP contribution in [0.2, 0.25) is 0 Å². The Balaban J connectivity index is 2.21. The van der Waals surface area contributed by atoms with E-state index in [-0.39, 0.29) is 11.8 Å². The summed E-state index contributed by atoms with van der Waals surface area (Å²) in [6.45, 7) is 5.83. The van der Waals surface area contributed by atoms with Crippen LogP contribution in [0.3, 0.4) is 0 Å². The zero-order chi connectivity index (χ0) is 14.0. The highest BCUT2D eigenvalue weighted by atomic mass is 79.9. The number of rotatable bonds is 3. The number of pyridine rings is 1. The minimum atomic E-state index is -0.215. The SMILES string of the molecule is Cc1nc(NC(=O)c2snnc2C(C)C)ccc1Br. The van der Waals surface area contributed by atoms with Crippen LogP contribution in [0.1, 0.15) is 40.8 Å². The fraction of sp³-hybridized carbons (Fsp3) is 0.333. The maximum absolute atomic E-state index is 12.2. The number of aryl methyl sites for hydroxylation is 1. The van der Waals surface area contributed by atoms with Gasteiger partial charge in [0, 0.05) is 4.47 Å². The van der Waals surface area contributed by atoms with Crippen LogP contribution >= 0.6 is 27.5 Å². The highest BCUT2D eigenvalue weighted by Crippen LogP contribution is 2.21. The van der Waals surface area contributed by atoms with Gasteiger partial charge in [0.1, 0.15) is 10.7 Å². The molecule has 1 N–H and O–H groups in total. The lowest BCUT2D eigenvalue weighted by molar-refractivity contribution is 0.102. The highest BCUT2D eigenvalue weighted by Gasteiger charge is 2.19. The molecule has 2 rings (SSSR count). The lowest BCUT2D eigenvalue weighted by atomic mass is 10.1. The van der Waals surface area contributed by atoms with Crippen LogP contribution < -0.4 is 5.32 Å². The Morgan fingerprint density at radius 3 is 2.79 bits per heavy atom. The van der Waals surface area contributed by atoms with Crippen molar-refractivity contribution in [3.8, 4) is 0 Å². The molecule has 0 unspecified atom stereocenters. The van der Waals surface area contributed by atoms with E-state index in [0.717, 1.165) is 27.4 Å². The van der Waals surface area contributed by atoms with E-state index in [0.29, 0.717) is 10.7 Å². The van der Waals surface area contributed by atoms with Crippen LogP contribution in [-0.2, 0) is 0 Å². The quantitative estimate of drug-likeness (QED) is 0.929.